The third-order valence-corrected chi connectivity index (χ3v) is 7.74. The van der Waals surface area contributed by atoms with Gasteiger partial charge in [0.25, 0.3) is 0 Å². The molecule has 10 nitrogen and oxygen atoms in total. The number of carbonyl (C=O) groups is 4. The molecule has 40 heavy (non-hydrogen) atoms. The summed E-state index contributed by atoms with van der Waals surface area (Å²) in [5.74, 6) is -3.95. The van der Waals surface area contributed by atoms with Gasteiger partial charge in [0.2, 0.25) is 5.78 Å². The zero-order valence-corrected chi connectivity index (χ0v) is 23.0. The van der Waals surface area contributed by atoms with E-state index in [1.165, 1.54) is 26.0 Å². The van der Waals surface area contributed by atoms with Crippen molar-refractivity contribution in [3.8, 4) is 11.5 Å². The van der Waals surface area contributed by atoms with Gasteiger partial charge in [-0.2, -0.15) is 0 Å². The summed E-state index contributed by atoms with van der Waals surface area (Å²) in [5, 5.41) is 31.9. The monoisotopic (exact) mass is 552 g/mol. The summed E-state index contributed by atoms with van der Waals surface area (Å²) < 4.78 is 17.5. The van der Waals surface area contributed by atoms with Gasteiger partial charge in [-0.3, -0.25) is 9.59 Å². The number of allylic oxidation sites excluding steroid dienone is 1. The third kappa shape index (κ3) is 4.72. The van der Waals surface area contributed by atoms with Crippen LogP contribution >= 0.6 is 0 Å². The Morgan fingerprint density at radius 2 is 1.90 bits per heavy atom. The number of hydrogen-bond acceptors (Lipinski definition) is 10. The van der Waals surface area contributed by atoms with Crippen LogP contribution in [0.25, 0.3) is 0 Å². The number of esters is 2. The largest absolute Gasteiger partial charge is 0.507 e. The van der Waals surface area contributed by atoms with Gasteiger partial charge in [-0.1, -0.05) is 12.7 Å². The Morgan fingerprint density at radius 3 is 2.50 bits per heavy atom. The molecule has 0 amide bonds. The molecule has 2 bridgehead atoms. The van der Waals surface area contributed by atoms with Crippen LogP contribution in [0.5, 0.6) is 11.5 Å². The number of phenolic OH excluding ortho intramolecular Hbond substituents is 2. The molecule has 0 unspecified atom stereocenters. The van der Waals surface area contributed by atoms with E-state index in [1.807, 2.05) is 0 Å². The average molecular weight is 553 g/mol. The molecule has 3 heterocycles. The summed E-state index contributed by atoms with van der Waals surface area (Å²) >= 11 is 0. The highest BCUT2D eigenvalue weighted by atomic mass is 16.6. The van der Waals surface area contributed by atoms with Gasteiger partial charge in [-0.05, 0) is 52.3 Å². The molecule has 3 aliphatic rings. The minimum absolute atomic E-state index is 0.0106. The van der Waals surface area contributed by atoms with Gasteiger partial charge in [0.1, 0.15) is 29.5 Å². The minimum atomic E-state index is -1.62. The van der Waals surface area contributed by atoms with Gasteiger partial charge in [0.05, 0.1) is 18.1 Å². The SMILES string of the molecule is C=C1C(=O)O[C@@H]2/C=C(/CO)C3=C(Cc4c(O)c(C)cc(C(C)=O)c4O)C(=O)[C@@](C)(C[C@@H](OC(=O)/C(C)=C\C)[C@H]12)O3. The standard InChI is InChI=1S/C30H32O10/c1-7-13(2)28(36)39-22-11-30(6)27(35)20(10-19-24(33)14(3)8-18(16(5)32)25(19)34)26(40-30)17(12-31)9-21-23(22)15(4)29(37)38-21/h7-9,21-23,31,33-34H,4,10-12H2,1-3,5-6H3/b13-7-,17-9-/t21-,22-,23-,30-/m1/s1. The highest BCUT2D eigenvalue weighted by Crippen LogP contribution is 2.46. The van der Waals surface area contributed by atoms with E-state index in [0.29, 0.717) is 11.1 Å². The molecule has 0 aromatic heterocycles. The van der Waals surface area contributed by atoms with Gasteiger partial charge in [-0.25, -0.2) is 9.59 Å². The highest BCUT2D eigenvalue weighted by Gasteiger charge is 2.54. The summed E-state index contributed by atoms with van der Waals surface area (Å²) in [6.07, 6.45) is 0.433. The first-order chi connectivity index (χ1) is 18.7. The van der Waals surface area contributed by atoms with E-state index >= 15 is 0 Å². The van der Waals surface area contributed by atoms with Crippen LogP contribution in [0, 0.1) is 12.8 Å². The van der Waals surface area contributed by atoms with Crippen LogP contribution in [0.2, 0.25) is 0 Å². The van der Waals surface area contributed by atoms with Gasteiger partial charge in [0, 0.05) is 40.7 Å². The summed E-state index contributed by atoms with van der Waals surface area (Å²) in [6.45, 7) is 10.8. The van der Waals surface area contributed by atoms with Gasteiger partial charge in [0.15, 0.2) is 11.4 Å². The van der Waals surface area contributed by atoms with Crippen LogP contribution in [0.15, 0.2) is 52.8 Å². The van der Waals surface area contributed by atoms with Crippen LogP contribution in [0.4, 0.5) is 0 Å². The minimum Gasteiger partial charge on any atom is -0.507 e. The topological polar surface area (TPSA) is 157 Å². The first-order valence-electron chi connectivity index (χ1n) is 12.8. The molecule has 1 aromatic carbocycles. The number of aromatic hydroxyl groups is 2. The third-order valence-electron chi connectivity index (χ3n) is 7.74. The molecule has 0 saturated carbocycles. The van der Waals surface area contributed by atoms with Crippen LogP contribution in [-0.2, 0) is 35.0 Å². The van der Waals surface area contributed by atoms with Gasteiger partial charge in [-0.15, -0.1) is 0 Å². The van der Waals surface area contributed by atoms with Crippen molar-refractivity contribution in [2.75, 3.05) is 6.61 Å². The number of aryl methyl sites for hydroxylation is 1. The fraction of sp³-hybridized carbons (Fsp3) is 0.400. The lowest BCUT2D eigenvalue weighted by atomic mass is 9.80. The number of ketones is 2. The Balaban J connectivity index is 1.88. The lowest BCUT2D eigenvalue weighted by Crippen LogP contribution is -2.43. The number of ether oxygens (including phenoxy) is 3. The number of aliphatic hydroxyl groups is 1. The van der Waals surface area contributed by atoms with Crippen LogP contribution < -0.4 is 0 Å². The van der Waals surface area contributed by atoms with Crippen molar-refractivity contribution < 1.29 is 48.7 Å². The quantitative estimate of drug-likeness (QED) is 0.272. The molecule has 4 rings (SSSR count). The van der Waals surface area contributed by atoms with Crippen molar-refractivity contribution in [1.82, 2.24) is 0 Å². The molecule has 4 atom stereocenters. The van der Waals surface area contributed by atoms with E-state index in [2.05, 4.69) is 6.58 Å². The van der Waals surface area contributed by atoms with Crippen LogP contribution in [-0.4, -0.2) is 63.2 Å². The number of Topliss-reactive ketones (excluding diaryl/α,β-unsaturated/α-hetero) is 2. The summed E-state index contributed by atoms with van der Waals surface area (Å²) in [4.78, 5) is 51.4. The van der Waals surface area contributed by atoms with E-state index in [0.717, 1.165) is 0 Å². The zero-order chi connectivity index (χ0) is 29.7. The Kier molecular flexibility index (Phi) is 7.51. The fourth-order valence-electron chi connectivity index (χ4n) is 5.34. The van der Waals surface area contributed by atoms with Crippen molar-refractivity contribution in [3.63, 3.8) is 0 Å². The molecule has 0 aliphatic carbocycles. The number of benzene rings is 1. The number of aliphatic hydroxyl groups excluding tert-OH is 1. The first-order valence-corrected chi connectivity index (χ1v) is 12.8. The first kappa shape index (κ1) is 28.8. The van der Waals surface area contributed by atoms with Crippen LogP contribution in [0.1, 0.15) is 55.6 Å². The molecule has 212 valence electrons. The molecule has 0 spiro atoms. The molecular formula is C30H32O10. The number of phenols is 2. The number of fused-ring (bicyclic) bond motifs is 3. The van der Waals surface area contributed by atoms with Gasteiger partial charge >= 0.3 is 11.9 Å². The lowest BCUT2D eigenvalue weighted by molar-refractivity contribution is -0.153. The smallest absolute Gasteiger partial charge is 0.334 e. The second kappa shape index (κ2) is 10.4. The number of carbonyl (C=O) groups excluding carboxylic acids is 4. The predicted octanol–water partition coefficient (Wildman–Crippen LogP) is 3.06. The summed E-state index contributed by atoms with van der Waals surface area (Å²) in [7, 11) is 0. The lowest BCUT2D eigenvalue weighted by Gasteiger charge is -2.31. The summed E-state index contributed by atoms with van der Waals surface area (Å²) in [5.41, 5.74) is -0.863. The Bertz CT molecular complexity index is 1440. The molecule has 3 aliphatic heterocycles. The number of hydrogen-bond donors (Lipinski definition) is 3. The number of rotatable bonds is 6. The van der Waals surface area contributed by atoms with E-state index in [1.54, 1.807) is 26.8 Å². The molecule has 3 N–H and O–H groups in total. The normalized spacial score (nSPS) is 27.6. The Labute approximate surface area is 231 Å². The summed E-state index contributed by atoms with van der Waals surface area (Å²) in [6, 6.07) is 1.35. The van der Waals surface area contributed by atoms with Crippen molar-refractivity contribution in [2.24, 2.45) is 5.92 Å². The molecule has 10 heteroatoms. The second-order valence-corrected chi connectivity index (χ2v) is 10.5. The second-order valence-electron chi connectivity index (χ2n) is 10.5. The van der Waals surface area contributed by atoms with Crippen molar-refractivity contribution in [3.05, 3.63) is 69.5 Å². The molecule has 1 aromatic rings. The highest BCUT2D eigenvalue weighted by molar-refractivity contribution is 6.06. The molecular weight excluding hydrogens is 520 g/mol. The Morgan fingerprint density at radius 1 is 1.23 bits per heavy atom. The van der Waals surface area contributed by atoms with E-state index in [-0.39, 0.29) is 52.2 Å². The average Bonchev–Trinajstić information content (AvgIpc) is 3.33. The maximum Gasteiger partial charge on any atom is 0.334 e. The van der Waals surface area contributed by atoms with Crippen molar-refractivity contribution in [1.29, 1.82) is 0 Å². The van der Waals surface area contributed by atoms with Crippen LogP contribution in [0.3, 0.4) is 0 Å². The van der Waals surface area contributed by atoms with E-state index < -0.39 is 59.6 Å². The van der Waals surface area contributed by atoms with Crippen molar-refractivity contribution in [2.45, 2.75) is 65.3 Å². The molecule has 0 radical (unpaired) electrons. The fourth-order valence-corrected chi connectivity index (χ4v) is 5.34. The van der Waals surface area contributed by atoms with Gasteiger partial charge < -0.3 is 29.5 Å². The van der Waals surface area contributed by atoms with E-state index in [4.69, 9.17) is 14.2 Å². The van der Waals surface area contributed by atoms with E-state index in [9.17, 15) is 34.5 Å². The van der Waals surface area contributed by atoms with Crippen molar-refractivity contribution >= 4 is 23.5 Å². The molecule has 1 saturated heterocycles. The molecule has 1 fully saturated rings. The maximum absolute atomic E-state index is 14.0. The Hall–Kier alpha value is -4.18. The zero-order valence-electron chi connectivity index (χ0n) is 23.0. The predicted molar refractivity (Wildman–Crippen MR) is 141 cm³/mol. The maximum atomic E-state index is 14.0.